The SMILES string of the molecule is CCO[Si](CCCc1ccc2c(c1)CO[Si](C)(CCCN)O2)(OCC)OCC. The van der Waals surface area contributed by atoms with Crippen molar-refractivity contribution in [2.24, 2.45) is 5.73 Å². The average Bonchev–Trinajstić information content (AvgIpc) is 2.67. The molecule has 1 aromatic carbocycles. The molecule has 0 saturated heterocycles. The van der Waals surface area contributed by atoms with E-state index in [0.29, 0.717) is 33.0 Å². The van der Waals surface area contributed by atoms with Gasteiger partial charge in [0.05, 0.1) is 6.61 Å². The molecule has 28 heavy (non-hydrogen) atoms. The summed E-state index contributed by atoms with van der Waals surface area (Å²) in [6, 6.07) is 8.23. The van der Waals surface area contributed by atoms with Gasteiger partial charge in [-0.2, -0.15) is 0 Å². The average molecular weight is 428 g/mol. The maximum Gasteiger partial charge on any atom is 0.500 e. The van der Waals surface area contributed by atoms with Crippen LogP contribution in [0.15, 0.2) is 18.2 Å². The molecule has 1 unspecified atom stereocenters. The predicted octanol–water partition coefficient (Wildman–Crippen LogP) is 4.00. The Labute approximate surface area is 172 Å². The van der Waals surface area contributed by atoms with Crippen LogP contribution in [-0.4, -0.2) is 43.7 Å². The van der Waals surface area contributed by atoms with Crippen LogP contribution >= 0.6 is 0 Å². The van der Waals surface area contributed by atoms with Gasteiger partial charge in [-0.3, -0.25) is 0 Å². The Kier molecular flexibility index (Phi) is 9.62. The lowest BCUT2D eigenvalue weighted by Gasteiger charge is -2.33. The number of aryl methyl sites for hydroxylation is 1. The number of benzene rings is 1. The molecule has 8 heteroatoms. The summed E-state index contributed by atoms with van der Waals surface area (Å²) in [7, 11) is -4.69. The predicted molar refractivity (Wildman–Crippen MR) is 116 cm³/mol. The van der Waals surface area contributed by atoms with E-state index in [0.717, 1.165) is 42.7 Å². The molecule has 1 aliphatic rings. The Morgan fingerprint density at radius 1 is 1.07 bits per heavy atom. The Morgan fingerprint density at radius 3 is 2.36 bits per heavy atom. The summed E-state index contributed by atoms with van der Waals surface area (Å²) in [5.74, 6) is 0.975. The molecule has 2 rings (SSSR count). The van der Waals surface area contributed by atoms with Gasteiger partial charge < -0.3 is 27.9 Å². The molecule has 1 aromatic rings. The Morgan fingerprint density at radius 2 is 1.75 bits per heavy atom. The van der Waals surface area contributed by atoms with E-state index in [1.165, 1.54) is 5.56 Å². The summed E-state index contributed by atoms with van der Waals surface area (Å²) < 4.78 is 30.2. The van der Waals surface area contributed by atoms with Gasteiger partial charge in [0, 0.05) is 37.5 Å². The van der Waals surface area contributed by atoms with Crippen molar-refractivity contribution in [3.63, 3.8) is 0 Å². The van der Waals surface area contributed by atoms with Crippen LogP contribution in [-0.2, 0) is 30.7 Å². The monoisotopic (exact) mass is 427 g/mol. The van der Waals surface area contributed by atoms with Gasteiger partial charge in [0.2, 0.25) is 0 Å². The van der Waals surface area contributed by atoms with Crippen LogP contribution in [0.3, 0.4) is 0 Å². The van der Waals surface area contributed by atoms with Crippen LogP contribution in [0.25, 0.3) is 0 Å². The van der Waals surface area contributed by atoms with Crippen molar-refractivity contribution in [1.29, 1.82) is 0 Å². The molecule has 0 aromatic heterocycles. The van der Waals surface area contributed by atoms with Gasteiger partial charge in [-0.1, -0.05) is 6.07 Å². The summed E-state index contributed by atoms with van der Waals surface area (Å²) in [6.07, 6.45) is 2.87. The summed E-state index contributed by atoms with van der Waals surface area (Å²) in [4.78, 5) is 0. The van der Waals surface area contributed by atoms with Crippen LogP contribution in [0.5, 0.6) is 5.75 Å². The molecule has 160 valence electrons. The van der Waals surface area contributed by atoms with Gasteiger partial charge in [-0.25, -0.2) is 0 Å². The first-order valence-electron chi connectivity index (χ1n) is 10.6. The lowest BCUT2D eigenvalue weighted by molar-refractivity contribution is 0.0708. The highest BCUT2D eigenvalue weighted by Crippen LogP contribution is 2.32. The Balaban J connectivity index is 1.95. The fourth-order valence-electron chi connectivity index (χ4n) is 3.55. The van der Waals surface area contributed by atoms with Gasteiger partial charge >= 0.3 is 17.4 Å². The second-order valence-corrected chi connectivity index (χ2v) is 13.2. The second-order valence-electron chi connectivity index (χ2n) is 7.19. The Hall–Kier alpha value is -0.746. The highest BCUT2D eigenvalue weighted by atomic mass is 28.4. The molecule has 1 heterocycles. The van der Waals surface area contributed by atoms with Gasteiger partial charge in [-0.15, -0.1) is 0 Å². The van der Waals surface area contributed by atoms with Crippen LogP contribution in [0.1, 0.15) is 44.7 Å². The molecule has 1 aliphatic heterocycles. The second kappa shape index (κ2) is 11.4. The standard InChI is InChI=1S/C20H37NO5Si2/c1-5-22-28(23-6-2,24-7-3)15-8-10-18-11-12-20-19(16-18)17-25-27(4,26-20)14-9-13-21/h11-12,16H,5-10,13-15,17,21H2,1-4H3. The lowest BCUT2D eigenvalue weighted by atomic mass is 10.1. The minimum absolute atomic E-state index is 0.618. The quantitative estimate of drug-likeness (QED) is 0.480. The zero-order chi connectivity index (χ0) is 20.5. The van der Waals surface area contributed by atoms with Crippen molar-refractivity contribution >= 4 is 17.4 Å². The van der Waals surface area contributed by atoms with E-state index in [2.05, 4.69) is 24.7 Å². The minimum atomic E-state index is -2.56. The van der Waals surface area contributed by atoms with E-state index in [4.69, 9.17) is 27.9 Å². The number of hydrogen-bond acceptors (Lipinski definition) is 6. The molecule has 0 bridgehead atoms. The summed E-state index contributed by atoms with van der Waals surface area (Å²) in [5.41, 5.74) is 8.06. The van der Waals surface area contributed by atoms with Crippen LogP contribution in [0.2, 0.25) is 18.6 Å². The number of nitrogens with two attached hydrogens (primary N) is 1. The van der Waals surface area contributed by atoms with E-state index in [1.807, 2.05) is 20.8 Å². The van der Waals surface area contributed by atoms with E-state index >= 15 is 0 Å². The van der Waals surface area contributed by atoms with E-state index in [9.17, 15) is 0 Å². The van der Waals surface area contributed by atoms with Crippen molar-refractivity contribution in [2.75, 3.05) is 26.4 Å². The van der Waals surface area contributed by atoms with Crippen molar-refractivity contribution in [2.45, 2.75) is 65.3 Å². The molecule has 1 atom stereocenters. The summed E-state index contributed by atoms with van der Waals surface area (Å²) >= 11 is 0. The van der Waals surface area contributed by atoms with Crippen molar-refractivity contribution in [1.82, 2.24) is 0 Å². The molecular formula is C20H37NO5Si2. The highest BCUT2D eigenvalue weighted by Gasteiger charge is 2.40. The van der Waals surface area contributed by atoms with Crippen LogP contribution in [0.4, 0.5) is 0 Å². The number of hydrogen-bond donors (Lipinski definition) is 1. The van der Waals surface area contributed by atoms with Gasteiger partial charge in [-0.05, 0) is 70.8 Å². The lowest BCUT2D eigenvalue weighted by Crippen LogP contribution is -2.46. The van der Waals surface area contributed by atoms with Crippen LogP contribution in [0, 0.1) is 0 Å². The maximum atomic E-state index is 6.24. The van der Waals surface area contributed by atoms with Crippen molar-refractivity contribution in [3.8, 4) is 5.75 Å². The zero-order valence-corrected chi connectivity index (χ0v) is 19.9. The minimum Gasteiger partial charge on any atom is -0.520 e. The first-order chi connectivity index (χ1) is 13.5. The van der Waals surface area contributed by atoms with Gasteiger partial charge in [0.15, 0.2) is 0 Å². The first kappa shape index (κ1) is 23.5. The summed E-state index contributed by atoms with van der Waals surface area (Å²) in [6.45, 7) is 11.3. The van der Waals surface area contributed by atoms with Crippen molar-refractivity contribution in [3.05, 3.63) is 29.3 Å². The maximum absolute atomic E-state index is 6.24. The van der Waals surface area contributed by atoms with Gasteiger partial charge in [0.1, 0.15) is 5.75 Å². The third-order valence-electron chi connectivity index (χ3n) is 4.86. The van der Waals surface area contributed by atoms with Crippen LogP contribution < -0.4 is 10.2 Å². The summed E-state index contributed by atoms with van der Waals surface area (Å²) in [5, 5.41) is 0. The molecule has 0 amide bonds. The smallest absolute Gasteiger partial charge is 0.500 e. The first-order valence-corrected chi connectivity index (χ1v) is 15.0. The van der Waals surface area contributed by atoms with E-state index in [1.54, 1.807) is 0 Å². The molecule has 2 N–H and O–H groups in total. The largest absolute Gasteiger partial charge is 0.520 e. The molecular weight excluding hydrogens is 390 g/mol. The van der Waals surface area contributed by atoms with Gasteiger partial charge in [0.25, 0.3) is 0 Å². The molecule has 0 saturated carbocycles. The molecule has 0 spiro atoms. The molecule has 6 nitrogen and oxygen atoms in total. The normalized spacial score (nSPS) is 19.3. The fourth-order valence-corrected chi connectivity index (χ4v) is 8.44. The topological polar surface area (TPSA) is 72.2 Å². The third-order valence-corrected chi connectivity index (χ3v) is 10.7. The number of fused-ring (bicyclic) bond motifs is 1. The van der Waals surface area contributed by atoms with E-state index in [-0.39, 0.29) is 0 Å². The zero-order valence-electron chi connectivity index (χ0n) is 17.9. The molecule has 0 fully saturated rings. The van der Waals surface area contributed by atoms with Crippen molar-refractivity contribution < 1.29 is 22.1 Å². The Bertz CT molecular complexity index is 587. The fraction of sp³-hybridized carbons (Fsp3) is 0.700. The number of rotatable bonds is 13. The third kappa shape index (κ3) is 6.65. The highest BCUT2D eigenvalue weighted by molar-refractivity contribution is 6.67. The molecule has 0 aliphatic carbocycles. The molecule has 0 radical (unpaired) electrons. The van der Waals surface area contributed by atoms with E-state index < -0.39 is 17.4 Å².